The summed E-state index contributed by atoms with van der Waals surface area (Å²) in [5, 5.41) is 0. The maximum absolute atomic E-state index is 6.51. The van der Waals surface area contributed by atoms with Crippen molar-refractivity contribution in [2.75, 3.05) is 12.3 Å². The topological polar surface area (TPSA) is 60.9 Å². The number of halogens is 1. The number of aryl methyl sites for hydroxylation is 1. The summed E-state index contributed by atoms with van der Waals surface area (Å²) in [4.78, 5) is 0. The fraction of sp³-hybridized carbons (Fsp3) is 0.350. The van der Waals surface area contributed by atoms with E-state index in [1.54, 1.807) is 0 Å². The Morgan fingerprint density at radius 1 is 0.840 bits per heavy atom. The Morgan fingerprint density at radius 2 is 1.52 bits per heavy atom. The van der Waals surface area contributed by atoms with Gasteiger partial charge >= 0.3 is 5.95 Å². The van der Waals surface area contributed by atoms with Crippen molar-refractivity contribution in [3.05, 3.63) is 60.2 Å². The van der Waals surface area contributed by atoms with Gasteiger partial charge in [0.25, 0.3) is 0 Å². The number of hydrogen-bond donors (Lipinski definition) is 2. The summed E-state index contributed by atoms with van der Waals surface area (Å²) < 4.78 is 4.46. The number of nitrogens with zero attached hydrogens (tertiary/aromatic N) is 2. The molecule has 0 aliphatic rings. The maximum atomic E-state index is 6.51. The summed E-state index contributed by atoms with van der Waals surface area (Å²) in [6, 6.07) is 18.9. The number of unbranched alkanes of at least 4 members (excludes halogenated alkanes) is 3. The van der Waals surface area contributed by atoms with Crippen LogP contribution in [0.4, 0.5) is 5.95 Å². The molecule has 0 atom stereocenters. The van der Waals surface area contributed by atoms with Crippen molar-refractivity contribution >= 4 is 17.0 Å². The Kier molecular flexibility index (Phi) is 7.29. The van der Waals surface area contributed by atoms with Gasteiger partial charge in [0.1, 0.15) is 11.0 Å². The van der Waals surface area contributed by atoms with Crippen molar-refractivity contribution in [3.8, 4) is 0 Å². The number of anilines is 1. The van der Waals surface area contributed by atoms with E-state index in [1.165, 1.54) is 29.4 Å². The highest BCUT2D eigenvalue weighted by atomic mass is 35.5. The summed E-state index contributed by atoms with van der Waals surface area (Å²) in [6.07, 6.45) is 4.63. The number of nitrogens with two attached hydrogens (primary N) is 2. The third-order valence-electron chi connectivity index (χ3n) is 4.54. The predicted octanol–water partition coefficient (Wildman–Crippen LogP) is 0.0824. The highest BCUT2D eigenvalue weighted by molar-refractivity contribution is 5.73. The minimum atomic E-state index is 0. The molecule has 1 aromatic heterocycles. The minimum Gasteiger partial charge on any atom is -1.00 e. The van der Waals surface area contributed by atoms with Gasteiger partial charge in [-0.15, -0.1) is 0 Å². The molecule has 0 bridgehead atoms. The number of para-hydroxylation sites is 2. The first-order chi connectivity index (χ1) is 11.8. The van der Waals surface area contributed by atoms with Crippen molar-refractivity contribution in [2.45, 2.75) is 38.8 Å². The van der Waals surface area contributed by atoms with E-state index in [-0.39, 0.29) is 12.4 Å². The van der Waals surface area contributed by atoms with Crippen LogP contribution in [0, 0.1) is 0 Å². The summed E-state index contributed by atoms with van der Waals surface area (Å²) >= 11 is 0. The van der Waals surface area contributed by atoms with E-state index in [9.17, 15) is 0 Å². The molecule has 5 heteroatoms. The lowest BCUT2D eigenvalue weighted by Gasteiger charge is -2.03. The van der Waals surface area contributed by atoms with E-state index >= 15 is 0 Å². The number of fused-ring (bicyclic) bond motifs is 1. The fourth-order valence-corrected chi connectivity index (χ4v) is 3.25. The molecule has 0 spiro atoms. The van der Waals surface area contributed by atoms with Crippen LogP contribution in [0.25, 0.3) is 11.0 Å². The van der Waals surface area contributed by atoms with Gasteiger partial charge in [-0.1, -0.05) is 55.3 Å². The monoisotopic (exact) mass is 358 g/mol. The molecule has 0 radical (unpaired) electrons. The first-order valence-electron chi connectivity index (χ1n) is 8.82. The van der Waals surface area contributed by atoms with Crippen LogP contribution < -0.4 is 28.4 Å². The molecule has 3 rings (SSSR count). The molecule has 0 aliphatic heterocycles. The van der Waals surface area contributed by atoms with Gasteiger partial charge in [-0.2, -0.15) is 0 Å². The van der Waals surface area contributed by atoms with Crippen LogP contribution in [0.5, 0.6) is 0 Å². The molecule has 25 heavy (non-hydrogen) atoms. The van der Waals surface area contributed by atoms with E-state index in [4.69, 9.17) is 11.5 Å². The normalized spacial score (nSPS) is 10.8. The van der Waals surface area contributed by atoms with Gasteiger partial charge in [0, 0.05) is 0 Å². The third kappa shape index (κ3) is 4.53. The van der Waals surface area contributed by atoms with Crippen LogP contribution >= 0.6 is 0 Å². The summed E-state index contributed by atoms with van der Waals surface area (Å²) in [7, 11) is 0. The van der Waals surface area contributed by atoms with E-state index in [0.717, 1.165) is 38.4 Å². The molecule has 0 saturated carbocycles. The zero-order valence-corrected chi connectivity index (χ0v) is 15.3. The van der Waals surface area contributed by atoms with Gasteiger partial charge in [0.05, 0.1) is 13.1 Å². The Balaban J connectivity index is 0.00000225. The average Bonchev–Trinajstić information content (AvgIpc) is 2.88. The zero-order valence-electron chi connectivity index (χ0n) is 14.6. The van der Waals surface area contributed by atoms with Crippen LogP contribution in [-0.2, 0) is 13.1 Å². The Morgan fingerprint density at radius 3 is 2.28 bits per heavy atom. The van der Waals surface area contributed by atoms with Crippen LogP contribution in [0.1, 0.15) is 31.2 Å². The smallest absolute Gasteiger partial charge is 0.356 e. The molecule has 4 N–H and O–H groups in total. The maximum Gasteiger partial charge on any atom is 0.356 e. The lowest BCUT2D eigenvalue weighted by atomic mass is 10.2. The van der Waals surface area contributed by atoms with Gasteiger partial charge in [0.15, 0.2) is 0 Å². The number of rotatable bonds is 8. The van der Waals surface area contributed by atoms with E-state index in [0.29, 0.717) is 0 Å². The molecular formula is C20H27ClN4. The van der Waals surface area contributed by atoms with Crippen molar-refractivity contribution in [1.29, 1.82) is 0 Å². The molecule has 1 heterocycles. The first kappa shape index (κ1) is 19.3. The lowest BCUT2D eigenvalue weighted by Crippen LogP contribution is -3.00. The highest BCUT2D eigenvalue weighted by Crippen LogP contribution is 2.18. The molecule has 4 nitrogen and oxygen atoms in total. The van der Waals surface area contributed by atoms with Crippen molar-refractivity contribution in [3.63, 3.8) is 0 Å². The molecule has 0 saturated heterocycles. The SMILES string of the molecule is NCCCCCCn1c(N)[n+](Cc2ccccc2)c2ccccc21.[Cl-]. The predicted molar refractivity (Wildman–Crippen MR) is 99.6 cm³/mol. The van der Waals surface area contributed by atoms with Crippen molar-refractivity contribution in [2.24, 2.45) is 5.73 Å². The number of nitrogen functional groups attached to an aromatic ring is 1. The summed E-state index contributed by atoms with van der Waals surface area (Å²) in [5.74, 6) is 0.832. The quantitative estimate of drug-likeness (QED) is 0.442. The molecule has 0 aliphatic carbocycles. The Labute approximate surface area is 155 Å². The average molecular weight is 359 g/mol. The van der Waals surface area contributed by atoms with Crippen molar-refractivity contribution < 1.29 is 17.0 Å². The van der Waals surface area contributed by atoms with Gasteiger partial charge in [0.2, 0.25) is 0 Å². The molecule has 134 valence electrons. The summed E-state index contributed by atoms with van der Waals surface area (Å²) in [5.41, 5.74) is 15.8. The fourth-order valence-electron chi connectivity index (χ4n) is 3.25. The lowest BCUT2D eigenvalue weighted by molar-refractivity contribution is -0.648. The molecule has 0 amide bonds. The van der Waals surface area contributed by atoms with Crippen LogP contribution in [0.15, 0.2) is 54.6 Å². The van der Waals surface area contributed by atoms with Gasteiger partial charge in [-0.3, -0.25) is 5.73 Å². The van der Waals surface area contributed by atoms with E-state index < -0.39 is 0 Å². The molecule has 0 unspecified atom stereocenters. The molecular weight excluding hydrogens is 332 g/mol. The van der Waals surface area contributed by atoms with Crippen LogP contribution in [0.3, 0.4) is 0 Å². The second kappa shape index (κ2) is 9.44. The first-order valence-corrected chi connectivity index (χ1v) is 8.82. The Bertz CT molecular complexity index is 783. The minimum absolute atomic E-state index is 0. The Hall–Kier alpha value is -2.04. The number of hydrogen-bond acceptors (Lipinski definition) is 2. The largest absolute Gasteiger partial charge is 1.00 e. The second-order valence-electron chi connectivity index (χ2n) is 6.27. The van der Waals surface area contributed by atoms with Crippen LogP contribution in [0.2, 0.25) is 0 Å². The molecule has 2 aromatic carbocycles. The van der Waals surface area contributed by atoms with Crippen LogP contribution in [-0.4, -0.2) is 11.1 Å². The highest BCUT2D eigenvalue weighted by Gasteiger charge is 2.20. The van der Waals surface area contributed by atoms with E-state index in [1.807, 2.05) is 6.07 Å². The van der Waals surface area contributed by atoms with Gasteiger partial charge < -0.3 is 18.1 Å². The zero-order chi connectivity index (χ0) is 16.8. The number of aromatic nitrogens is 2. The van der Waals surface area contributed by atoms with Gasteiger partial charge in [-0.05, 0) is 37.1 Å². The number of imidazole rings is 1. The molecule has 0 fully saturated rings. The van der Waals surface area contributed by atoms with Crippen molar-refractivity contribution in [1.82, 2.24) is 4.57 Å². The standard InChI is InChI=1S/C20H26N4.ClH/c21-14-8-1-2-9-15-23-18-12-6-7-13-19(18)24(20(23)22)16-17-10-4-3-5-11-17;/h3-7,10-13,22H,1-2,8-9,14-16,21H2;1H. The third-order valence-corrected chi connectivity index (χ3v) is 4.54. The van der Waals surface area contributed by atoms with E-state index in [2.05, 4.69) is 57.7 Å². The van der Waals surface area contributed by atoms with Gasteiger partial charge in [-0.25, -0.2) is 9.13 Å². The number of benzene rings is 2. The summed E-state index contributed by atoms with van der Waals surface area (Å²) in [6.45, 7) is 2.54. The second-order valence-corrected chi connectivity index (χ2v) is 6.27. The molecule has 3 aromatic rings.